The molecule has 2 aromatic rings. The molecule has 26 heavy (non-hydrogen) atoms. The maximum atomic E-state index is 12.4. The predicted molar refractivity (Wildman–Crippen MR) is 100 cm³/mol. The first kappa shape index (κ1) is 19.3. The number of nitrogens with zero attached hydrogens (tertiary/aromatic N) is 2. The summed E-state index contributed by atoms with van der Waals surface area (Å²) in [6.07, 6.45) is 2.78. The molecule has 0 spiro atoms. The van der Waals surface area contributed by atoms with Gasteiger partial charge in [0.15, 0.2) is 0 Å². The fourth-order valence-corrected chi connectivity index (χ4v) is 2.56. The van der Waals surface area contributed by atoms with Crippen molar-refractivity contribution in [3.8, 4) is 5.75 Å². The molecular formula is C18H25N5O3. The number of hydrogen-bond acceptors (Lipinski definition) is 4. The van der Waals surface area contributed by atoms with Crippen molar-refractivity contribution in [2.24, 2.45) is 7.05 Å². The van der Waals surface area contributed by atoms with Crippen molar-refractivity contribution in [1.82, 2.24) is 15.1 Å². The highest BCUT2D eigenvalue weighted by molar-refractivity contribution is 5.95. The van der Waals surface area contributed by atoms with Gasteiger partial charge in [-0.15, -0.1) is 0 Å². The van der Waals surface area contributed by atoms with Crippen molar-refractivity contribution >= 4 is 23.3 Å². The second-order valence-electron chi connectivity index (χ2n) is 5.76. The number of urea groups is 1. The molecule has 1 atom stereocenters. The summed E-state index contributed by atoms with van der Waals surface area (Å²) in [6, 6.07) is 6.46. The molecule has 0 aliphatic rings. The van der Waals surface area contributed by atoms with Crippen LogP contribution in [-0.4, -0.2) is 28.8 Å². The van der Waals surface area contributed by atoms with Gasteiger partial charge in [0.1, 0.15) is 5.75 Å². The lowest BCUT2D eigenvalue weighted by atomic mass is 10.1. The molecule has 8 nitrogen and oxygen atoms in total. The Labute approximate surface area is 152 Å². The summed E-state index contributed by atoms with van der Waals surface area (Å²) >= 11 is 0. The van der Waals surface area contributed by atoms with Crippen molar-refractivity contribution in [1.29, 1.82) is 0 Å². The Kier molecular flexibility index (Phi) is 6.60. The number of hydrogen-bond donors (Lipinski definition) is 3. The predicted octanol–water partition coefficient (Wildman–Crippen LogP) is 3.05. The first-order chi connectivity index (χ1) is 12.5. The van der Waals surface area contributed by atoms with E-state index in [1.807, 2.05) is 20.0 Å². The lowest BCUT2D eigenvalue weighted by Crippen LogP contribution is -2.33. The number of aryl methyl sites for hydroxylation is 1. The fraction of sp³-hybridized carbons (Fsp3) is 0.389. The van der Waals surface area contributed by atoms with Gasteiger partial charge in [-0.1, -0.05) is 13.8 Å². The number of anilines is 2. The molecule has 1 aromatic carbocycles. The average molecular weight is 359 g/mol. The summed E-state index contributed by atoms with van der Waals surface area (Å²) < 4.78 is 6.98. The van der Waals surface area contributed by atoms with Crippen LogP contribution in [0.4, 0.5) is 16.2 Å². The number of carbonyl (C=O) groups is 2. The molecule has 3 amide bonds. The molecular weight excluding hydrogens is 334 g/mol. The van der Waals surface area contributed by atoms with E-state index in [0.29, 0.717) is 23.5 Å². The summed E-state index contributed by atoms with van der Waals surface area (Å²) in [5.41, 5.74) is 1.98. The Morgan fingerprint density at radius 2 is 2.00 bits per heavy atom. The van der Waals surface area contributed by atoms with E-state index in [1.165, 1.54) is 7.11 Å². The van der Waals surface area contributed by atoms with Crippen LogP contribution in [0.2, 0.25) is 0 Å². The Balaban J connectivity index is 2.09. The van der Waals surface area contributed by atoms with E-state index in [1.54, 1.807) is 36.0 Å². The Morgan fingerprint density at radius 1 is 1.23 bits per heavy atom. The number of nitrogens with one attached hydrogen (secondary N) is 3. The molecule has 2 rings (SSSR count). The van der Waals surface area contributed by atoms with Crippen LogP contribution in [0.25, 0.3) is 0 Å². The zero-order valence-electron chi connectivity index (χ0n) is 15.5. The normalized spacial score (nSPS) is 11.5. The van der Waals surface area contributed by atoms with Crippen LogP contribution < -0.4 is 20.7 Å². The van der Waals surface area contributed by atoms with Crippen molar-refractivity contribution in [3.63, 3.8) is 0 Å². The molecule has 0 fully saturated rings. The number of amides is 3. The van der Waals surface area contributed by atoms with E-state index in [-0.39, 0.29) is 18.0 Å². The topological polar surface area (TPSA) is 97.3 Å². The zero-order chi connectivity index (χ0) is 19.1. The third-order valence-corrected chi connectivity index (χ3v) is 3.98. The number of ether oxygens (including phenoxy) is 1. The minimum absolute atomic E-state index is 0.132. The summed E-state index contributed by atoms with van der Waals surface area (Å²) in [5, 5.41) is 12.6. The van der Waals surface area contributed by atoms with Crippen LogP contribution in [0.15, 0.2) is 30.5 Å². The summed E-state index contributed by atoms with van der Waals surface area (Å²) in [5.74, 6) is 0.395. The second-order valence-corrected chi connectivity index (χ2v) is 5.76. The Morgan fingerprint density at radius 3 is 2.58 bits per heavy atom. The average Bonchev–Trinajstić information content (AvgIpc) is 3.05. The molecule has 0 bridgehead atoms. The lowest BCUT2D eigenvalue weighted by molar-refractivity contribution is -0.115. The SMILES string of the molecule is CCC(=O)Nc1cc(NC(=O)NC(CC)c2ccnn2C)ccc1OC. The first-order valence-electron chi connectivity index (χ1n) is 8.51. The number of methoxy groups -OCH3 is 1. The molecule has 140 valence electrons. The molecule has 1 aromatic heterocycles. The van der Waals surface area contributed by atoms with Gasteiger partial charge in [-0.25, -0.2) is 4.79 Å². The number of aromatic nitrogens is 2. The van der Waals surface area contributed by atoms with Gasteiger partial charge in [0.2, 0.25) is 5.91 Å². The maximum Gasteiger partial charge on any atom is 0.319 e. The Bertz CT molecular complexity index is 772. The van der Waals surface area contributed by atoms with Gasteiger partial charge in [0.05, 0.1) is 24.5 Å². The summed E-state index contributed by atoms with van der Waals surface area (Å²) in [4.78, 5) is 24.0. The molecule has 0 radical (unpaired) electrons. The minimum atomic E-state index is -0.337. The van der Waals surface area contributed by atoms with Crippen LogP contribution in [-0.2, 0) is 11.8 Å². The van der Waals surface area contributed by atoms with E-state index in [2.05, 4.69) is 21.0 Å². The van der Waals surface area contributed by atoms with E-state index in [4.69, 9.17) is 4.74 Å². The third-order valence-electron chi connectivity index (χ3n) is 3.98. The van der Waals surface area contributed by atoms with E-state index in [0.717, 1.165) is 12.1 Å². The van der Waals surface area contributed by atoms with Gasteiger partial charge in [-0.3, -0.25) is 9.48 Å². The van der Waals surface area contributed by atoms with E-state index >= 15 is 0 Å². The van der Waals surface area contributed by atoms with E-state index in [9.17, 15) is 9.59 Å². The van der Waals surface area contributed by atoms with Crippen LogP contribution >= 0.6 is 0 Å². The zero-order valence-corrected chi connectivity index (χ0v) is 15.5. The largest absolute Gasteiger partial charge is 0.495 e. The van der Waals surface area contributed by atoms with Gasteiger partial charge in [-0.2, -0.15) is 5.10 Å². The van der Waals surface area contributed by atoms with Crippen molar-refractivity contribution in [2.75, 3.05) is 17.7 Å². The quantitative estimate of drug-likeness (QED) is 0.708. The highest BCUT2D eigenvalue weighted by Gasteiger charge is 2.16. The van der Waals surface area contributed by atoms with Crippen LogP contribution in [0, 0.1) is 0 Å². The van der Waals surface area contributed by atoms with Gasteiger partial charge >= 0.3 is 6.03 Å². The number of carbonyl (C=O) groups excluding carboxylic acids is 2. The lowest BCUT2D eigenvalue weighted by Gasteiger charge is -2.18. The Hall–Kier alpha value is -3.03. The maximum absolute atomic E-state index is 12.4. The molecule has 1 unspecified atom stereocenters. The monoisotopic (exact) mass is 359 g/mol. The van der Waals surface area contributed by atoms with Gasteiger partial charge in [-0.05, 0) is 30.7 Å². The van der Waals surface area contributed by atoms with Gasteiger partial charge in [0, 0.05) is 25.4 Å². The van der Waals surface area contributed by atoms with E-state index < -0.39 is 0 Å². The molecule has 0 saturated carbocycles. The standard InChI is InChI=1S/C18H25N5O3/c1-5-13(15-9-10-19-23(15)3)22-18(25)20-12-7-8-16(26-4)14(11-12)21-17(24)6-2/h7-11,13H,5-6H2,1-4H3,(H,21,24)(H2,20,22,25). The molecule has 1 heterocycles. The summed E-state index contributed by atoms with van der Waals surface area (Å²) in [7, 11) is 3.36. The van der Waals surface area contributed by atoms with Crippen molar-refractivity contribution in [3.05, 3.63) is 36.2 Å². The molecule has 0 saturated heterocycles. The number of rotatable bonds is 7. The highest BCUT2D eigenvalue weighted by Crippen LogP contribution is 2.28. The smallest absolute Gasteiger partial charge is 0.319 e. The highest BCUT2D eigenvalue weighted by atomic mass is 16.5. The summed E-state index contributed by atoms with van der Waals surface area (Å²) in [6.45, 7) is 3.75. The van der Waals surface area contributed by atoms with Crippen LogP contribution in [0.3, 0.4) is 0 Å². The van der Waals surface area contributed by atoms with Crippen molar-refractivity contribution < 1.29 is 14.3 Å². The first-order valence-corrected chi connectivity index (χ1v) is 8.51. The molecule has 8 heteroatoms. The minimum Gasteiger partial charge on any atom is -0.495 e. The van der Waals surface area contributed by atoms with Crippen LogP contribution in [0.1, 0.15) is 38.4 Å². The molecule has 0 aliphatic heterocycles. The van der Waals surface area contributed by atoms with Crippen LogP contribution in [0.5, 0.6) is 5.75 Å². The molecule has 3 N–H and O–H groups in total. The van der Waals surface area contributed by atoms with Gasteiger partial charge < -0.3 is 20.7 Å². The van der Waals surface area contributed by atoms with Crippen molar-refractivity contribution in [2.45, 2.75) is 32.7 Å². The second kappa shape index (κ2) is 8.89. The fourth-order valence-electron chi connectivity index (χ4n) is 2.56. The third kappa shape index (κ3) is 4.75. The number of benzene rings is 1. The van der Waals surface area contributed by atoms with Gasteiger partial charge in [0.25, 0.3) is 0 Å². The molecule has 0 aliphatic carbocycles.